The summed E-state index contributed by atoms with van der Waals surface area (Å²) in [5.74, 6) is 1.98. The highest BCUT2D eigenvalue weighted by Crippen LogP contribution is 2.63. The fourth-order valence-corrected chi connectivity index (χ4v) is 4.11. The number of aromatic nitrogens is 2. The first kappa shape index (κ1) is 17.3. The predicted molar refractivity (Wildman–Crippen MR) is 104 cm³/mol. The molecule has 1 saturated heterocycles. The highest BCUT2D eigenvalue weighted by Gasteiger charge is 2.57. The zero-order valence-electron chi connectivity index (χ0n) is 14.5. The molecule has 1 N–H and O–H groups in total. The van der Waals surface area contributed by atoms with Gasteiger partial charge in [0.05, 0.1) is 0 Å². The van der Waals surface area contributed by atoms with E-state index in [-0.39, 0.29) is 12.4 Å². The number of rotatable bonds is 3. The van der Waals surface area contributed by atoms with Crippen LogP contribution in [0.3, 0.4) is 0 Å². The van der Waals surface area contributed by atoms with Gasteiger partial charge in [0.2, 0.25) is 11.7 Å². The summed E-state index contributed by atoms with van der Waals surface area (Å²) in [6.45, 7) is 2.22. The average molecular weight is 368 g/mol. The maximum absolute atomic E-state index is 5.60. The Morgan fingerprint density at radius 1 is 0.885 bits per heavy atom. The number of halogens is 1. The molecule has 0 radical (unpaired) electrons. The van der Waals surface area contributed by atoms with Crippen LogP contribution in [-0.2, 0) is 0 Å². The minimum atomic E-state index is 0. The molecule has 0 amide bonds. The Hall–Kier alpha value is -2.17. The van der Waals surface area contributed by atoms with Gasteiger partial charge in [-0.1, -0.05) is 59.8 Å². The van der Waals surface area contributed by atoms with Crippen LogP contribution in [0.25, 0.3) is 22.5 Å². The molecular formula is C21H22ClN3O. The van der Waals surface area contributed by atoms with E-state index in [2.05, 4.69) is 59.0 Å². The molecule has 5 rings (SSSR count). The molecule has 1 spiro atoms. The molecule has 1 aliphatic carbocycles. The maximum Gasteiger partial charge on any atom is 0.230 e. The van der Waals surface area contributed by atoms with Crippen LogP contribution in [0.15, 0.2) is 59.1 Å². The van der Waals surface area contributed by atoms with Crippen LogP contribution in [0.1, 0.15) is 31.1 Å². The van der Waals surface area contributed by atoms with Gasteiger partial charge in [0, 0.05) is 11.5 Å². The largest absolute Gasteiger partial charge is 0.339 e. The van der Waals surface area contributed by atoms with Crippen molar-refractivity contribution in [3.8, 4) is 22.5 Å². The van der Waals surface area contributed by atoms with Crippen molar-refractivity contribution in [3.63, 3.8) is 0 Å². The third-order valence-electron chi connectivity index (χ3n) is 5.78. The number of hydrogen-bond acceptors (Lipinski definition) is 4. The lowest BCUT2D eigenvalue weighted by Gasteiger charge is -2.22. The fourth-order valence-electron chi connectivity index (χ4n) is 4.11. The summed E-state index contributed by atoms with van der Waals surface area (Å²) >= 11 is 0. The molecule has 26 heavy (non-hydrogen) atoms. The maximum atomic E-state index is 5.60. The highest BCUT2D eigenvalue weighted by molar-refractivity contribution is 5.85. The Kier molecular flexibility index (Phi) is 4.55. The Labute approximate surface area is 159 Å². The number of nitrogens with one attached hydrogen (secondary N) is 1. The second-order valence-corrected chi connectivity index (χ2v) is 7.27. The third kappa shape index (κ3) is 3.04. The first-order chi connectivity index (χ1) is 12.3. The van der Waals surface area contributed by atoms with Crippen molar-refractivity contribution in [3.05, 3.63) is 60.5 Å². The Morgan fingerprint density at radius 3 is 2.27 bits per heavy atom. The normalized spacial score (nSPS) is 20.5. The molecule has 1 aliphatic heterocycles. The number of benzene rings is 2. The van der Waals surface area contributed by atoms with Gasteiger partial charge in [0.15, 0.2) is 0 Å². The van der Waals surface area contributed by atoms with Crippen molar-refractivity contribution in [1.29, 1.82) is 0 Å². The highest BCUT2D eigenvalue weighted by atomic mass is 35.5. The summed E-state index contributed by atoms with van der Waals surface area (Å²) in [5.41, 5.74) is 3.85. The summed E-state index contributed by atoms with van der Waals surface area (Å²) in [6.07, 6.45) is 3.64. The standard InChI is InChI=1S/C21H21N3O.ClH/c1-2-4-15(5-3-1)16-6-8-17(9-7-16)19-23-20(25-24-19)18-14-21(18)10-12-22-13-11-21;/h1-9,18,22H,10-14H2;1H. The van der Waals surface area contributed by atoms with Gasteiger partial charge in [-0.05, 0) is 48.9 Å². The second-order valence-electron chi connectivity index (χ2n) is 7.27. The fraction of sp³-hybridized carbons (Fsp3) is 0.333. The van der Waals surface area contributed by atoms with Crippen LogP contribution in [-0.4, -0.2) is 23.2 Å². The first-order valence-corrected chi connectivity index (χ1v) is 9.04. The van der Waals surface area contributed by atoms with E-state index >= 15 is 0 Å². The van der Waals surface area contributed by atoms with Gasteiger partial charge in [-0.25, -0.2) is 0 Å². The van der Waals surface area contributed by atoms with Gasteiger partial charge in [0.1, 0.15) is 0 Å². The van der Waals surface area contributed by atoms with Gasteiger partial charge in [-0.15, -0.1) is 12.4 Å². The van der Waals surface area contributed by atoms with Crippen molar-refractivity contribution in [2.45, 2.75) is 25.2 Å². The molecule has 2 heterocycles. The zero-order chi connectivity index (χ0) is 16.7. The van der Waals surface area contributed by atoms with Crippen LogP contribution >= 0.6 is 12.4 Å². The van der Waals surface area contributed by atoms with E-state index in [1.165, 1.54) is 30.4 Å². The monoisotopic (exact) mass is 367 g/mol. The lowest BCUT2D eigenvalue weighted by atomic mass is 9.92. The van der Waals surface area contributed by atoms with Gasteiger partial charge < -0.3 is 9.84 Å². The average Bonchev–Trinajstić information content (AvgIpc) is 3.15. The van der Waals surface area contributed by atoms with Crippen molar-refractivity contribution in [2.75, 3.05) is 13.1 Å². The second kappa shape index (κ2) is 6.86. The smallest absolute Gasteiger partial charge is 0.230 e. The lowest BCUT2D eigenvalue weighted by Crippen LogP contribution is -2.29. The summed E-state index contributed by atoms with van der Waals surface area (Å²) in [4.78, 5) is 4.70. The molecule has 1 atom stereocenters. The summed E-state index contributed by atoms with van der Waals surface area (Å²) in [5, 5.41) is 7.66. The molecule has 134 valence electrons. The van der Waals surface area contributed by atoms with Crippen LogP contribution in [0, 0.1) is 5.41 Å². The van der Waals surface area contributed by atoms with E-state index in [0.717, 1.165) is 24.5 Å². The summed E-state index contributed by atoms with van der Waals surface area (Å²) in [6, 6.07) is 18.8. The Morgan fingerprint density at radius 2 is 1.54 bits per heavy atom. The van der Waals surface area contributed by atoms with Gasteiger partial charge >= 0.3 is 0 Å². The topological polar surface area (TPSA) is 51.0 Å². The number of nitrogens with zero attached hydrogens (tertiary/aromatic N) is 2. The minimum absolute atomic E-state index is 0. The Balaban J connectivity index is 0.00000168. The molecule has 5 heteroatoms. The van der Waals surface area contributed by atoms with E-state index in [9.17, 15) is 0 Å². The van der Waals surface area contributed by atoms with E-state index < -0.39 is 0 Å². The molecule has 1 saturated carbocycles. The minimum Gasteiger partial charge on any atom is -0.339 e. The molecule has 2 aliphatic rings. The van der Waals surface area contributed by atoms with E-state index in [4.69, 9.17) is 9.51 Å². The molecule has 2 aromatic carbocycles. The van der Waals surface area contributed by atoms with E-state index in [1.807, 2.05) is 6.07 Å². The molecule has 4 nitrogen and oxygen atoms in total. The van der Waals surface area contributed by atoms with Crippen LogP contribution in [0.4, 0.5) is 0 Å². The Bertz CT molecular complexity index is 870. The molecule has 1 unspecified atom stereocenters. The summed E-state index contributed by atoms with van der Waals surface area (Å²) in [7, 11) is 0. The third-order valence-corrected chi connectivity index (χ3v) is 5.78. The molecule has 0 bridgehead atoms. The van der Waals surface area contributed by atoms with Crippen molar-refractivity contribution in [2.24, 2.45) is 5.41 Å². The van der Waals surface area contributed by atoms with E-state index in [1.54, 1.807) is 0 Å². The number of piperidine rings is 1. The SMILES string of the molecule is Cl.c1ccc(-c2ccc(-c3noc(C4CC45CCNCC5)n3)cc2)cc1. The quantitative estimate of drug-likeness (QED) is 0.730. The van der Waals surface area contributed by atoms with Crippen molar-refractivity contribution in [1.82, 2.24) is 15.5 Å². The van der Waals surface area contributed by atoms with Gasteiger partial charge in [-0.2, -0.15) is 4.98 Å². The van der Waals surface area contributed by atoms with Crippen molar-refractivity contribution >= 4 is 12.4 Å². The predicted octanol–water partition coefficient (Wildman–Crippen LogP) is 4.68. The van der Waals surface area contributed by atoms with Crippen LogP contribution in [0.5, 0.6) is 0 Å². The molecule has 2 fully saturated rings. The van der Waals surface area contributed by atoms with Crippen LogP contribution in [0.2, 0.25) is 0 Å². The van der Waals surface area contributed by atoms with Gasteiger partial charge in [0.25, 0.3) is 0 Å². The molecule has 3 aromatic rings. The van der Waals surface area contributed by atoms with Crippen molar-refractivity contribution < 1.29 is 4.52 Å². The summed E-state index contributed by atoms with van der Waals surface area (Å²) < 4.78 is 5.60. The number of hydrogen-bond donors (Lipinski definition) is 1. The van der Waals surface area contributed by atoms with Crippen LogP contribution < -0.4 is 5.32 Å². The first-order valence-electron chi connectivity index (χ1n) is 9.04. The zero-order valence-corrected chi connectivity index (χ0v) is 15.3. The molecule has 1 aromatic heterocycles. The van der Waals surface area contributed by atoms with Gasteiger partial charge in [-0.3, -0.25) is 0 Å². The lowest BCUT2D eigenvalue weighted by molar-refractivity contribution is 0.311. The van der Waals surface area contributed by atoms with E-state index in [0.29, 0.717) is 17.2 Å². The molecular weight excluding hydrogens is 346 g/mol.